The lowest BCUT2D eigenvalue weighted by Crippen LogP contribution is -2.17. The summed E-state index contributed by atoms with van der Waals surface area (Å²) in [5.41, 5.74) is 1.04. The number of aryl methyl sites for hydroxylation is 1. The van der Waals surface area contributed by atoms with E-state index in [1.165, 1.54) is 22.9 Å². The molecule has 3 aromatic rings. The lowest BCUT2D eigenvalue weighted by molar-refractivity contribution is 0.104. The molecule has 0 aliphatic heterocycles. The fourth-order valence-corrected chi connectivity index (χ4v) is 4.47. The molecule has 1 aromatic heterocycles. The number of fused-ring (bicyclic) bond motifs is 1. The number of carbonyl (C=O) groups excluding carboxylic acids is 1. The molecule has 8 nitrogen and oxygen atoms in total. The fourth-order valence-electron chi connectivity index (χ4n) is 2.64. The van der Waals surface area contributed by atoms with Crippen molar-refractivity contribution in [2.24, 2.45) is 11.4 Å². The predicted molar refractivity (Wildman–Crippen MR) is 104 cm³/mol. The molecular weight excluding hydrogens is 398 g/mol. The van der Waals surface area contributed by atoms with E-state index in [0.717, 1.165) is 11.8 Å². The number of sulfonamides is 1. The van der Waals surface area contributed by atoms with Crippen LogP contribution in [0.3, 0.4) is 0 Å². The van der Waals surface area contributed by atoms with E-state index in [1.807, 2.05) is 0 Å². The van der Waals surface area contributed by atoms with Crippen molar-refractivity contribution < 1.29 is 13.2 Å². The summed E-state index contributed by atoms with van der Waals surface area (Å²) in [5.74, 6) is -0.236. The average Bonchev–Trinajstić information content (AvgIpc) is 3.10. The minimum atomic E-state index is -3.94. The summed E-state index contributed by atoms with van der Waals surface area (Å²) in [6.07, 6.45) is 1.46. The van der Waals surface area contributed by atoms with Gasteiger partial charge in [-0.05, 0) is 40.4 Å². The van der Waals surface area contributed by atoms with E-state index < -0.39 is 10.0 Å². The SMILES string of the molecule is Cn1nnnc1SC1=C/C(=N\S(=O)(=O)c2ccccc2)c2ccccc2C1=O. The number of carbonyl (C=O) groups is 1. The molecule has 0 atom stereocenters. The molecule has 0 spiro atoms. The first-order valence-electron chi connectivity index (χ1n) is 8.12. The highest BCUT2D eigenvalue weighted by atomic mass is 32.2. The molecule has 0 bridgehead atoms. The number of thioether (sulfide) groups is 1. The standard InChI is InChI=1S/C18H13N5O3S2/c1-23-18(19-21-22-23)27-16-11-15(13-9-5-6-10-14(13)17(16)24)20-28(25,26)12-7-3-2-4-8-12/h2-11H,1H3/b20-15+. The van der Waals surface area contributed by atoms with E-state index in [0.29, 0.717) is 21.2 Å². The minimum absolute atomic E-state index is 0.0805. The molecular formula is C18H13N5O3S2. The number of benzene rings is 2. The first-order valence-corrected chi connectivity index (χ1v) is 10.4. The summed E-state index contributed by atoms with van der Waals surface area (Å²) in [5, 5.41) is 11.6. The Bertz CT molecular complexity index is 1230. The molecule has 0 fully saturated rings. The van der Waals surface area contributed by atoms with Gasteiger partial charge in [0, 0.05) is 18.2 Å². The summed E-state index contributed by atoms with van der Waals surface area (Å²) in [4.78, 5) is 13.2. The van der Waals surface area contributed by atoms with Crippen molar-refractivity contribution in [1.29, 1.82) is 0 Å². The van der Waals surface area contributed by atoms with Crippen LogP contribution in [0.15, 0.2) is 80.0 Å². The number of hydrogen-bond acceptors (Lipinski definition) is 7. The van der Waals surface area contributed by atoms with Crippen molar-refractivity contribution >= 4 is 33.3 Å². The number of nitrogens with zero attached hydrogens (tertiary/aromatic N) is 5. The van der Waals surface area contributed by atoms with Crippen LogP contribution >= 0.6 is 11.8 Å². The van der Waals surface area contributed by atoms with E-state index in [1.54, 1.807) is 49.5 Å². The molecule has 0 saturated carbocycles. The Morgan fingerprint density at radius 2 is 1.68 bits per heavy atom. The second-order valence-corrected chi connectivity index (χ2v) is 8.45. The van der Waals surface area contributed by atoms with Crippen LogP contribution in [0.25, 0.3) is 0 Å². The third-order valence-electron chi connectivity index (χ3n) is 3.98. The van der Waals surface area contributed by atoms with E-state index in [9.17, 15) is 13.2 Å². The van der Waals surface area contributed by atoms with Gasteiger partial charge in [0.2, 0.25) is 10.9 Å². The first-order chi connectivity index (χ1) is 13.5. The zero-order chi connectivity index (χ0) is 19.7. The van der Waals surface area contributed by atoms with Gasteiger partial charge >= 0.3 is 0 Å². The van der Waals surface area contributed by atoms with Gasteiger partial charge in [-0.1, -0.05) is 42.5 Å². The molecule has 0 N–H and O–H groups in total. The highest BCUT2D eigenvalue weighted by molar-refractivity contribution is 8.04. The van der Waals surface area contributed by atoms with Gasteiger partial charge in [0.1, 0.15) is 0 Å². The van der Waals surface area contributed by atoms with Crippen LogP contribution in [-0.4, -0.2) is 40.1 Å². The van der Waals surface area contributed by atoms with Crippen LogP contribution in [0.2, 0.25) is 0 Å². The van der Waals surface area contributed by atoms with Crippen LogP contribution in [0.4, 0.5) is 0 Å². The molecule has 0 amide bonds. The summed E-state index contributed by atoms with van der Waals surface area (Å²) in [6, 6.07) is 14.7. The number of hydrogen-bond donors (Lipinski definition) is 0. The smallest absolute Gasteiger partial charge is 0.282 e. The molecule has 28 heavy (non-hydrogen) atoms. The number of Topliss-reactive ketones (excluding diaryl/α,β-unsaturated/α-hetero) is 1. The van der Waals surface area contributed by atoms with Crippen molar-refractivity contribution in [3.63, 3.8) is 0 Å². The van der Waals surface area contributed by atoms with Crippen LogP contribution in [0.5, 0.6) is 0 Å². The molecule has 0 unspecified atom stereocenters. The van der Waals surface area contributed by atoms with Crippen LogP contribution in [0.1, 0.15) is 15.9 Å². The average molecular weight is 411 g/mol. The van der Waals surface area contributed by atoms with E-state index in [-0.39, 0.29) is 16.4 Å². The number of rotatable bonds is 4. The monoisotopic (exact) mass is 411 g/mol. The Labute approximate surface area is 165 Å². The summed E-state index contributed by atoms with van der Waals surface area (Å²) >= 11 is 1.06. The molecule has 4 rings (SSSR count). The second kappa shape index (κ2) is 7.13. The minimum Gasteiger partial charge on any atom is -0.288 e. The number of aromatic nitrogens is 4. The maximum atomic E-state index is 12.9. The molecule has 10 heteroatoms. The lowest BCUT2D eigenvalue weighted by Gasteiger charge is -2.16. The van der Waals surface area contributed by atoms with Gasteiger partial charge in [0.25, 0.3) is 10.0 Å². The van der Waals surface area contributed by atoms with E-state index in [4.69, 9.17) is 0 Å². The number of tetrazole rings is 1. The molecule has 0 saturated heterocycles. The molecule has 140 valence electrons. The summed E-state index contributed by atoms with van der Waals surface area (Å²) in [7, 11) is -2.28. The van der Waals surface area contributed by atoms with E-state index in [2.05, 4.69) is 19.9 Å². The maximum Gasteiger partial charge on any atom is 0.282 e. The van der Waals surface area contributed by atoms with Gasteiger partial charge in [-0.2, -0.15) is 12.8 Å². The number of ketones is 1. The van der Waals surface area contributed by atoms with Crippen molar-refractivity contribution in [2.75, 3.05) is 0 Å². The Morgan fingerprint density at radius 3 is 2.36 bits per heavy atom. The van der Waals surface area contributed by atoms with E-state index >= 15 is 0 Å². The largest absolute Gasteiger partial charge is 0.288 e. The quantitative estimate of drug-likeness (QED) is 0.648. The zero-order valence-corrected chi connectivity index (χ0v) is 16.2. The van der Waals surface area contributed by atoms with Gasteiger partial charge in [-0.25, -0.2) is 4.68 Å². The molecule has 1 aliphatic carbocycles. The molecule has 1 heterocycles. The third kappa shape index (κ3) is 3.39. The van der Waals surface area contributed by atoms with Crippen LogP contribution in [-0.2, 0) is 17.1 Å². The van der Waals surface area contributed by atoms with Gasteiger partial charge in [0.15, 0.2) is 0 Å². The first kappa shape index (κ1) is 18.3. The Morgan fingerprint density at radius 1 is 1.00 bits per heavy atom. The molecule has 1 aliphatic rings. The maximum absolute atomic E-state index is 12.9. The lowest BCUT2D eigenvalue weighted by atomic mass is 9.94. The Hall–Kier alpha value is -3.11. The summed E-state index contributed by atoms with van der Waals surface area (Å²) < 4.78 is 30.9. The molecule has 2 aromatic carbocycles. The van der Waals surface area contributed by atoms with Gasteiger partial charge < -0.3 is 0 Å². The van der Waals surface area contributed by atoms with Crippen molar-refractivity contribution in [3.05, 3.63) is 76.7 Å². The third-order valence-corrected chi connectivity index (χ3v) is 6.34. The van der Waals surface area contributed by atoms with Gasteiger partial charge in [-0.3, -0.25) is 4.79 Å². The Kier molecular flexibility index (Phi) is 4.65. The van der Waals surface area contributed by atoms with Gasteiger partial charge in [-0.15, -0.1) is 5.10 Å². The number of allylic oxidation sites excluding steroid dienone is 2. The highest BCUT2D eigenvalue weighted by Crippen LogP contribution is 2.32. The zero-order valence-electron chi connectivity index (χ0n) is 14.6. The van der Waals surface area contributed by atoms with Crippen molar-refractivity contribution in [1.82, 2.24) is 20.2 Å². The molecule has 0 radical (unpaired) electrons. The predicted octanol–water partition coefficient (Wildman–Crippen LogP) is 2.26. The topological polar surface area (TPSA) is 107 Å². The normalized spacial score (nSPS) is 15.4. The van der Waals surface area contributed by atoms with Crippen molar-refractivity contribution in [3.8, 4) is 0 Å². The summed E-state index contributed by atoms with van der Waals surface area (Å²) in [6.45, 7) is 0. The highest BCUT2D eigenvalue weighted by Gasteiger charge is 2.27. The van der Waals surface area contributed by atoms with Crippen LogP contribution in [0, 0.1) is 0 Å². The van der Waals surface area contributed by atoms with Gasteiger partial charge in [0.05, 0.1) is 15.5 Å². The fraction of sp³-hybridized carbons (Fsp3) is 0.0556. The second-order valence-electron chi connectivity index (χ2n) is 5.84. The van der Waals surface area contributed by atoms with Crippen molar-refractivity contribution in [2.45, 2.75) is 10.1 Å². The Balaban J connectivity index is 1.84. The van der Waals surface area contributed by atoms with Crippen LogP contribution < -0.4 is 0 Å².